The quantitative estimate of drug-likeness (QED) is 0.158. The van der Waals surface area contributed by atoms with E-state index in [1.54, 1.807) is 23.9 Å². The van der Waals surface area contributed by atoms with Gasteiger partial charge in [-0.05, 0) is 69.1 Å². The molecule has 0 heterocycles. The number of hydrogen-bond acceptors (Lipinski definition) is 3. The van der Waals surface area contributed by atoms with Crippen LogP contribution in [0.15, 0.2) is 109 Å². The summed E-state index contributed by atoms with van der Waals surface area (Å²) in [5, 5.41) is 7.39. The van der Waals surface area contributed by atoms with Crippen molar-refractivity contribution < 1.29 is 9.18 Å². The Morgan fingerprint density at radius 3 is 2.34 bits per heavy atom. The summed E-state index contributed by atoms with van der Waals surface area (Å²) < 4.78 is 14.8. The first-order valence-corrected chi connectivity index (χ1v) is 13.8. The highest BCUT2D eigenvalue weighted by molar-refractivity contribution is 8.02. The zero-order chi connectivity index (χ0) is 26.9. The van der Waals surface area contributed by atoms with Gasteiger partial charge in [0.15, 0.2) is 0 Å². The molecule has 0 fully saturated rings. The number of hydrogen-bond donors (Lipinski definition) is 1. The Hall–Kier alpha value is -3.83. The first-order valence-electron chi connectivity index (χ1n) is 12.7. The van der Waals surface area contributed by atoms with Crippen LogP contribution in [0.25, 0.3) is 16.3 Å². The van der Waals surface area contributed by atoms with Gasteiger partial charge < -0.3 is 10.2 Å². The normalized spacial score (nSPS) is 11.5. The van der Waals surface area contributed by atoms with E-state index in [1.165, 1.54) is 16.8 Å². The van der Waals surface area contributed by atoms with Crippen molar-refractivity contribution in [2.45, 2.75) is 20.4 Å². The molecule has 4 aromatic carbocycles. The van der Waals surface area contributed by atoms with Crippen molar-refractivity contribution >= 4 is 39.7 Å². The lowest BCUT2D eigenvalue weighted by Crippen LogP contribution is -2.27. The topological polar surface area (TPSA) is 32.3 Å². The fourth-order valence-electron chi connectivity index (χ4n) is 4.11. The molecule has 1 amide bonds. The Labute approximate surface area is 229 Å². The summed E-state index contributed by atoms with van der Waals surface area (Å²) in [6.45, 7) is 9.29. The van der Waals surface area contributed by atoms with Gasteiger partial charge in [0.05, 0.1) is 11.6 Å². The maximum absolute atomic E-state index is 14.8. The molecule has 0 spiro atoms. The average molecular weight is 525 g/mol. The molecule has 0 saturated heterocycles. The van der Waals surface area contributed by atoms with Crippen molar-refractivity contribution in [3.8, 4) is 0 Å². The van der Waals surface area contributed by atoms with Crippen molar-refractivity contribution in [1.82, 2.24) is 5.32 Å². The first kappa shape index (κ1) is 27.2. The third-order valence-electron chi connectivity index (χ3n) is 6.20. The van der Waals surface area contributed by atoms with E-state index in [0.717, 1.165) is 16.7 Å². The number of allylic oxidation sites excluding steroid dienone is 2. The Morgan fingerprint density at radius 2 is 1.63 bits per heavy atom. The van der Waals surface area contributed by atoms with Gasteiger partial charge in [0.2, 0.25) is 0 Å². The number of para-hydroxylation sites is 1. The number of benzene rings is 4. The minimum Gasteiger partial charge on any atom is -0.355 e. The second-order valence-corrected chi connectivity index (χ2v) is 10.4. The van der Waals surface area contributed by atoms with E-state index >= 15 is 0 Å². The van der Waals surface area contributed by atoms with Gasteiger partial charge in [0, 0.05) is 18.7 Å². The van der Waals surface area contributed by atoms with Crippen molar-refractivity contribution in [2.75, 3.05) is 17.3 Å². The maximum Gasteiger partial charge on any atom is 0.251 e. The number of nitrogens with one attached hydrogen (secondary N) is 1. The number of halogens is 1. The first-order chi connectivity index (χ1) is 18.4. The summed E-state index contributed by atoms with van der Waals surface area (Å²) in [5.74, 6) is 0.590. The Balaban J connectivity index is 1.50. The monoisotopic (exact) mass is 524 g/mol. The average Bonchev–Trinajstić information content (AvgIpc) is 2.94. The van der Waals surface area contributed by atoms with E-state index in [0.29, 0.717) is 36.1 Å². The molecule has 3 nitrogen and oxygen atoms in total. The van der Waals surface area contributed by atoms with Crippen LogP contribution in [0.1, 0.15) is 35.3 Å². The predicted molar refractivity (Wildman–Crippen MR) is 161 cm³/mol. The van der Waals surface area contributed by atoms with Gasteiger partial charge in [-0.25, -0.2) is 4.39 Å². The molecular formula is C33H33FN2OS. The van der Waals surface area contributed by atoms with E-state index in [9.17, 15) is 9.18 Å². The van der Waals surface area contributed by atoms with Crippen LogP contribution in [0.2, 0.25) is 0 Å². The number of rotatable bonds is 11. The third-order valence-corrected chi connectivity index (χ3v) is 7.08. The fraction of sp³-hybridized carbons (Fsp3) is 0.182. The van der Waals surface area contributed by atoms with Gasteiger partial charge in [0.25, 0.3) is 5.91 Å². The zero-order valence-corrected chi connectivity index (χ0v) is 22.7. The van der Waals surface area contributed by atoms with Gasteiger partial charge in [-0.15, -0.1) is 11.8 Å². The highest BCUT2D eigenvalue weighted by Crippen LogP contribution is 2.27. The van der Waals surface area contributed by atoms with E-state index in [4.69, 9.17) is 0 Å². The van der Waals surface area contributed by atoms with Crippen LogP contribution in [-0.4, -0.2) is 18.3 Å². The van der Waals surface area contributed by atoms with E-state index in [-0.39, 0.29) is 11.7 Å². The molecule has 0 radical (unpaired) electrons. The lowest BCUT2D eigenvalue weighted by molar-refractivity contribution is 0.0949. The highest BCUT2D eigenvalue weighted by Gasteiger charge is 2.13. The molecule has 4 aromatic rings. The summed E-state index contributed by atoms with van der Waals surface area (Å²) >= 11 is 1.60. The highest BCUT2D eigenvalue weighted by atomic mass is 32.2. The van der Waals surface area contributed by atoms with Crippen LogP contribution < -0.4 is 10.2 Å². The number of thioether (sulfide) groups is 1. The van der Waals surface area contributed by atoms with E-state index < -0.39 is 0 Å². The Bertz CT molecular complexity index is 1430. The predicted octanol–water partition coefficient (Wildman–Crippen LogP) is 8.29. The largest absolute Gasteiger partial charge is 0.355 e. The lowest BCUT2D eigenvalue weighted by atomic mass is 10.0. The number of carbonyl (C=O) groups is 1. The molecule has 0 atom stereocenters. The summed E-state index contributed by atoms with van der Waals surface area (Å²) in [4.78, 5) is 14.4. The van der Waals surface area contributed by atoms with Crippen molar-refractivity contribution in [1.29, 1.82) is 0 Å². The number of nitrogens with zero attached hydrogens (tertiary/aromatic N) is 1. The van der Waals surface area contributed by atoms with Gasteiger partial charge >= 0.3 is 0 Å². The number of fused-ring (bicyclic) bond motifs is 1. The number of carbonyl (C=O) groups excluding carboxylic acids is 1. The molecule has 0 unspecified atom stereocenters. The molecule has 0 saturated carbocycles. The van der Waals surface area contributed by atoms with Crippen molar-refractivity contribution in [2.24, 2.45) is 5.92 Å². The molecule has 0 aliphatic heterocycles. The zero-order valence-electron chi connectivity index (χ0n) is 21.9. The summed E-state index contributed by atoms with van der Waals surface area (Å²) in [6, 6.07) is 29.0. The minimum absolute atomic E-state index is 0.0810. The SMILES string of the molecule is C=C/C(=C\SCN(Cc1ccc(C(=O)NCC(C)C)cc1)c1ccccc1F)c1ccc2ccccc2c1. The third kappa shape index (κ3) is 7.14. The molecule has 1 N–H and O–H groups in total. The number of anilines is 1. The fourth-order valence-corrected chi connectivity index (χ4v) is 5.01. The number of amides is 1. The molecule has 0 aromatic heterocycles. The molecule has 0 bridgehead atoms. The molecule has 5 heteroatoms. The summed E-state index contributed by atoms with van der Waals surface area (Å²) in [6.07, 6.45) is 1.85. The molecular weight excluding hydrogens is 491 g/mol. The molecule has 0 aliphatic rings. The molecule has 194 valence electrons. The Kier molecular flexibility index (Phi) is 9.39. The van der Waals surface area contributed by atoms with Crippen LogP contribution in [0.5, 0.6) is 0 Å². The smallest absolute Gasteiger partial charge is 0.251 e. The van der Waals surface area contributed by atoms with Crippen LogP contribution in [-0.2, 0) is 6.54 Å². The molecule has 4 rings (SSSR count). The van der Waals surface area contributed by atoms with Crippen molar-refractivity contribution in [3.05, 3.63) is 132 Å². The van der Waals surface area contributed by atoms with Crippen LogP contribution in [0, 0.1) is 11.7 Å². The second kappa shape index (κ2) is 13.1. The molecule has 0 aliphatic carbocycles. The van der Waals surface area contributed by atoms with E-state index in [1.807, 2.05) is 53.4 Å². The van der Waals surface area contributed by atoms with Gasteiger partial charge in [-0.3, -0.25) is 4.79 Å². The minimum atomic E-state index is -0.264. The standard InChI is InChI=1S/C33H33FN2OS/c1-4-26(30-18-17-27-9-5-6-10-29(27)19-30)22-38-23-36(32-12-8-7-11-31(32)34)21-25-13-15-28(16-14-25)33(37)35-20-24(2)3/h4-19,22,24H,1,20-21,23H2,2-3H3,(H,35,37)/b26-22+. The van der Waals surface area contributed by atoms with E-state index in [2.05, 4.69) is 61.5 Å². The maximum atomic E-state index is 14.8. The van der Waals surface area contributed by atoms with Crippen LogP contribution >= 0.6 is 11.8 Å². The Morgan fingerprint density at radius 1 is 0.947 bits per heavy atom. The van der Waals surface area contributed by atoms with Gasteiger partial charge in [0.1, 0.15) is 5.82 Å². The van der Waals surface area contributed by atoms with Gasteiger partial charge in [-0.1, -0.05) is 87.2 Å². The van der Waals surface area contributed by atoms with Gasteiger partial charge in [-0.2, -0.15) is 0 Å². The summed E-state index contributed by atoms with van der Waals surface area (Å²) in [7, 11) is 0. The van der Waals surface area contributed by atoms with Crippen molar-refractivity contribution in [3.63, 3.8) is 0 Å². The second-order valence-electron chi connectivity index (χ2n) is 9.59. The lowest BCUT2D eigenvalue weighted by Gasteiger charge is -2.25. The van der Waals surface area contributed by atoms with Crippen LogP contribution in [0.3, 0.4) is 0 Å². The van der Waals surface area contributed by atoms with Crippen LogP contribution in [0.4, 0.5) is 10.1 Å². The molecule has 38 heavy (non-hydrogen) atoms. The summed E-state index contributed by atoms with van der Waals surface area (Å²) in [5.41, 5.74) is 4.27.